The number of ether oxygens (including phenoxy) is 2. The average Bonchev–Trinajstić information content (AvgIpc) is 2.65. The van der Waals surface area contributed by atoms with E-state index in [1.54, 1.807) is 44.4 Å². The monoisotopic (exact) mass is 405 g/mol. The van der Waals surface area contributed by atoms with Gasteiger partial charge in [-0.15, -0.1) is 0 Å². The molecule has 1 N–H and O–H groups in total. The minimum absolute atomic E-state index is 0.0518. The summed E-state index contributed by atoms with van der Waals surface area (Å²) in [6.07, 6.45) is 0. The van der Waals surface area contributed by atoms with Crippen molar-refractivity contribution in [2.75, 3.05) is 13.7 Å². The van der Waals surface area contributed by atoms with Crippen molar-refractivity contribution < 1.29 is 22.7 Å². The molecule has 1 atom stereocenters. The van der Waals surface area contributed by atoms with Gasteiger partial charge in [0.05, 0.1) is 18.6 Å². The highest BCUT2D eigenvalue weighted by Gasteiger charge is 2.20. The summed E-state index contributed by atoms with van der Waals surface area (Å²) in [5.74, 6) is 1.35. The Morgan fingerprint density at radius 1 is 1.07 bits per heavy atom. The number of Topliss-reactive ketones (excluding diaryl/α,β-unsaturated/α-hetero) is 1. The van der Waals surface area contributed by atoms with Crippen molar-refractivity contribution >= 4 is 15.8 Å². The van der Waals surface area contributed by atoms with Gasteiger partial charge in [0.25, 0.3) is 0 Å². The minimum atomic E-state index is -3.79. The molecule has 2 rings (SSSR count). The predicted octanol–water partition coefficient (Wildman–Crippen LogP) is 3.97. The van der Waals surface area contributed by atoms with Gasteiger partial charge in [-0.25, -0.2) is 13.1 Å². The first-order valence-electron chi connectivity index (χ1n) is 9.08. The Labute approximate surface area is 166 Å². The normalized spacial score (nSPS) is 12.6. The van der Waals surface area contributed by atoms with E-state index in [1.807, 2.05) is 0 Å². The second kappa shape index (κ2) is 9.21. The van der Waals surface area contributed by atoms with E-state index in [1.165, 1.54) is 19.1 Å². The molecule has 0 saturated carbocycles. The van der Waals surface area contributed by atoms with Gasteiger partial charge in [-0.3, -0.25) is 4.79 Å². The Balaban J connectivity index is 2.22. The first kappa shape index (κ1) is 21.9. The maximum Gasteiger partial charge on any atom is 0.241 e. The molecule has 152 valence electrons. The van der Waals surface area contributed by atoms with Crippen molar-refractivity contribution in [1.82, 2.24) is 4.72 Å². The summed E-state index contributed by atoms with van der Waals surface area (Å²) in [6, 6.07) is 10.8. The SMILES string of the molecule is COc1cc(C(C)NS(=O)(=O)c2cccc(C(C)=O)c2)ccc1OCC(C)C. The van der Waals surface area contributed by atoms with E-state index in [0.29, 0.717) is 29.6 Å². The fraction of sp³-hybridized carbons (Fsp3) is 0.381. The standard InChI is InChI=1S/C21H27NO5S/c1-14(2)13-27-20-10-9-17(12-21(20)26-5)15(3)22-28(24,25)19-8-6-7-18(11-19)16(4)23/h6-12,14-15,22H,13H2,1-5H3. The summed E-state index contributed by atoms with van der Waals surface area (Å²) >= 11 is 0. The second-order valence-corrected chi connectivity index (χ2v) is 8.76. The minimum Gasteiger partial charge on any atom is -0.493 e. The van der Waals surface area contributed by atoms with Crippen molar-refractivity contribution in [3.8, 4) is 11.5 Å². The van der Waals surface area contributed by atoms with Gasteiger partial charge in [0.1, 0.15) is 0 Å². The van der Waals surface area contributed by atoms with E-state index < -0.39 is 16.1 Å². The van der Waals surface area contributed by atoms with Crippen LogP contribution in [0.3, 0.4) is 0 Å². The topological polar surface area (TPSA) is 81.7 Å². The molecule has 2 aromatic carbocycles. The molecule has 0 amide bonds. The van der Waals surface area contributed by atoms with Gasteiger partial charge in [0, 0.05) is 11.6 Å². The summed E-state index contributed by atoms with van der Waals surface area (Å²) in [4.78, 5) is 11.6. The zero-order chi connectivity index (χ0) is 20.9. The fourth-order valence-electron chi connectivity index (χ4n) is 2.58. The largest absolute Gasteiger partial charge is 0.493 e. The third kappa shape index (κ3) is 5.56. The highest BCUT2D eigenvalue weighted by molar-refractivity contribution is 7.89. The lowest BCUT2D eigenvalue weighted by atomic mass is 10.1. The number of rotatable bonds is 9. The Morgan fingerprint density at radius 2 is 1.79 bits per heavy atom. The molecule has 0 heterocycles. The number of methoxy groups -OCH3 is 1. The average molecular weight is 406 g/mol. The number of nitrogens with one attached hydrogen (secondary N) is 1. The number of hydrogen-bond acceptors (Lipinski definition) is 5. The van der Waals surface area contributed by atoms with Crippen LogP contribution in [0.15, 0.2) is 47.4 Å². The van der Waals surface area contributed by atoms with Crippen LogP contribution in [0, 0.1) is 5.92 Å². The summed E-state index contributed by atoms with van der Waals surface area (Å²) < 4.78 is 39.2. The summed E-state index contributed by atoms with van der Waals surface area (Å²) in [5, 5.41) is 0. The molecule has 0 fully saturated rings. The number of sulfonamides is 1. The number of hydrogen-bond donors (Lipinski definition) is 1. The van der Waals surface area contributed by atoms with E-state index >= 15 is 0 Å². The molecule has 0 radical (unpaired) electrons. The summed E-state index contributed by atoms with van der Waals surface area (Å²) in [5.41, 5.74) is 1.09. The van der Waals surface area contributed by atoms with E-state index in [9.17, 15) is 13.2 Å². The first-order valence-corrected chi connectivity index (χ1v) is 10.6. The molecule has 0 spiro atoms. The number of carbonyl (C=O) groups is 1. The van der Waals surface area contributed by atoms with Gasteiger partial charge in [-0.2, -0.15) is 0 Å². The predicted molar refractivity (Wildman–Crippen MR) is 109 cm³/mol. The molecule has 1 unspecified atom stereocenters. The van der Waals surface area contributed by atoms with Gasteiger partial charge in [-0.1, -0.05) is 32.0 Å². The zero-order valence-electron chi connectivity index (χ0n) is 16.9. The maximum absolute atomic E-state index is 12.7. The van der Waals surface area contributed by atoms with Crippen molar-refractivity contribution in [2.24, 2.45) is 5.92 Å². The van der Waals surface area contributed by atoms with E-state index in [2.05, 4.69) is 18.6 Å². The van der Waals surface area contributed by atoms with Crippen LogP contribution in [-0.2, 0) is 10.0 Å². The van der Waals surface area contributed by atoms with Crippen molar-refractivity contribution in [3.05, 3.63) is 53.6 Å². The lowest BCUT2D eigenvalue weighted by Crippen LogP contribution is -2.27. The quantitative estimate of drug-likeness (QED) is 0.638. The molecule has 28 heavy (non-hydrogen) atoms. The lowest BCUT2D eigenvalue weighted by Gasteiger charge is -2.18. The van der Waals surface area contributed by atoms with Gasteiger partial charge in [0.2, 0.25) is 10.0 Å². The van der Waals surface area contributed by atoms with Crippen LogP contribution >= 0.6 is 0 Å². The molecule has 0 aliphatic heterocycles. The first-order chi connectivity index (χ1) is 13.1. The van der Waals surface area contributed by atoms with Gasteiger partial charge in [0.15, 0.2) is 17.3 Å². The third-order valence-electron chi connectivity index (χ3n) is 4.14. The molecule has 0 aliphatic rings. The molecule has 7 heteroatoms. The zero-order valence-corrected chi connectivity index (χ0v) is 17.7. The van der Waals surface area contributed by atoms with Crippen molar-refractivity contribution in [3.63, 3.8) is 0 Å². The molecule has 6 nitrogen and oxygen atoms in total. The lowest BCUT2D eigenvalue weighted by molar-refractivity contribution is 0.101. The van der Waals surface area contributed by atoms with Crippen LogP contribution in [0.1, 0.15) is 49.7 Å². The van der Waals surface area contributed by atoms with Crippen LogP contribution in [0.5, 0.6) is 11.5 Å². The molecule has 2 aromatic rings. The molecular formula is C21H27NO5S. The van der Waals surface area contributed by atoms with Crippen molar-refractivity contribution in [1.29, 1.82) is 0 Å². The van der Waals surface area contributed by atoms with Crippen LogP contribution in [0.25, 0.3) is 0 Å². The smallest absolute Gasteiger partial charge is 0.241 e. The van der Waals surface area contributed by atoms with Crippen LogP contribution in [0.2, 0.25) is 0 Å². The van der Waals surface area contributed by atoms with E-state index in [-0.39, 0.29) is 10.7 Å². The Morgan fingerprint density at radius 3 is 2.39 bits per heavy atom. The van der Waals surface area contributed by atoms with Crippen LogP contribution in [0.4, 0.5) is 0 Å². The van der Waals surface area contributed by atoms with Gasteiger partial charge in [-0.05, 0) is 49.6 Å². The highest BCUT2D eigenvalue weighted by atomic mass is 32.2. The van der Waals surface area contributed by atoms with Crippen LogP contribution in [-0.4, -0.2) is 27.9 Å². The van der Waals surface area contributed by atoms with Gasteiger partial charge < -0.3 is 9.47 Å². The second-order valence-electron chi connectivity index (χ2n) is 7.04. The van der Waals surface area contributed by atoms with Crippen molar-refractivity contribution in [2.45, 2.75) is 38.6 Å². The van der Waals surface area contributed by atoms with E-state index in [4.69, 9.17) is 9.47 Å². The maximum atomic E-state index is 12.7. The Kier molecular flexibility index (Phi) is 7.21. The highest BCUT2D eigenvalue weighted by Crippen LogP contribution is 2.31. The molecule has 0 bridgehead atoms. The number of benzene rings is 2. The Bertz CT molecular complexity index is 938. The van der Waals surface area contributed by atoms with Gasteiger partial charge >= 0.3 is 0 Å². The summed E-state index contributed by atoms with van der Waals surface area (Å²) in [7, 11) is -2.24. The Hall–Kier alpha value is -2.38. The fourth-order valence-corrected chi connectivity index (χ4v) is 3.86. The molecule has 0 aromatic heterocycles. The molecule has 0 aliphatic carbocycles. The number of carbonyl (C=O) groups excluding carboxylic acids is 1. The molecule has 0 saturated heterocycles. The molecular weight excluding hydrogens is 378 g/mol. The van der Waals surface area contributed by atoms with E-state index in [0.717, 1.165) is 5.56 Å². The number of ketones is 1. The third-order valence-corrected chi connectivity index (χ3v) is 5.68. The van der Waals surface area contributed by atoms with Crippen LogP contribution < -0.4 is 14.2 Å². The summed E-state index contributed by atoms with van der Waals surface area (Å²) in [6.45, 7) is 7.81.